The molecule has 1 aliphatic carbocycles. The first-order chi connectivity index (χ1) is 14.8. The molecule has 3 aromatic rings. The number of anilines is 2. The number of aromatic nitrogens is 4. The molecule has 3 N–H and O–H groups in total. The van der Waals surface area contributed by atoms with Crippen molar-refractivity contribution in [2.24, 2.45) is 0 Å². The number of aryl methyl sites for hydroxylation is 1. The van der Waals surface area contributed by atoms with Crippen molar-refractivity contribution < 1.29 is 23.4 Å². The fraction of sp³-hybridized carbons (Fsp3) is 0.381. The minimum atomic E-state index is -3.05. The van der Waals surface area contributed by atoms with Gasteiger partial charge in [-0.1, -0.05) is 6.07 Å². The number of alkyl halides is 2. The quantitative estimate of drug-likeness (QED) is 0.565. The molecule has 0 bridgehead atoms. The summed E-state index contributed by atoms with van der Waals surface area (Å²) in [4.78, 5) is 7.30. The first-order valence-corrected chi connectivity index (χ1v) is 9.92. The summed E-state index contributed by atoms with van der Waals surface area (Å²) in [6.07, 6.45) is 1.56. The standard InChI is InChI=1S/C21H22F3N5O2/c1-11-5-12(13-8-26-29(10-13)16-3-2-4-17(30)19(16)31)7-14(6-11)27-21-25-9-15(22)18(28-21)20(23)24/h5-10,16-17,19-20,30-31H,2-4H2,1H3,(H,25,27,28). The van der Waals surface area contributed by atoms with Gasteiger partial charge in [0.05, 0.1) is 24.5 Å². The summed E-state index contributed by atoms with van der Waals surface area (Å²) < 4.78 is 40.9. The molecule has 10 heteroatoms. The van der Waals surface area contributed by atoms with E-state index >= 15 is 0 Å². The van der Waals surface area contributed by atoms with E-state index in [9.17, 15) is 23.4 Å². The molecule has 2 aromatic heterocycles. The highest BCUT2D eigenvalue weighted by Crippen LogP contribution is 2.31. The molecule has 0 amide bonds. The molecule has 31 heavy (non-hydrogen) atoms. The van der Waals surface area contributed by atoms with Gasteiger partial charge in [0.2, 0.25) is 5.95 Å². The zero-order valence-corrected chi connectivity index (χ0v) is 16.7. The molecular formula is C21H22F3N5O2. The third-order valence-electron chi connectivity index (χ3n) is 5.37. The molecule has 1 aromatic carbocycles. The second-order valence-corrected chi connectivity index (χ2v) is 7.71. The van der Waals surface area contributed by atoms with Gasteiger partial charge in [-0.15, -0.1) is 0 Å². The predicted octanol–water partition coefficient (Wildman–Crippen LogP) is 3.92. The van der Waals surface area contributed by atoms with E-state index in [2.05, 4.69) is 20.4 Å². The Labute approximate surface area is 176 Å². The molecule has 7 nitrogen and oxygen atoms in total. The molecular weight excluding hydrogens is 411 g/mol. The van der Waals surface area contributed by atoms with Crippen LogP contribution in [0.15, 0.2) is 36.8 Å². The van der Waals surface area contributed by atoms with Crippen molar-refractivity contribution in [1.29, 1.82) is 0 Å². The second kappa shape index (κ2) is 8.64. The maximum atomic E-state index is 13.4. The lowest BCUT2D eigenvalue weighted by Gasteiger charge is -2.31. The van der Waals surface area contributed by atoms with E-state index in [-0.39, 0.29) is 12.0 Å². The number of halogens is 3. The van der Waals surface area contributed by atoms with Crippen molar-refractivity contribution in [2.75, 3.05) is 5.32 Å². The Hall–Kier alpha value is -2.98. The highest BCUT2D eigenvalue weighted by Gasteiger charge is 2.32. The summed E-state index contributed by atoms with van der Waals surface area (Å²) in [5.41, 5.74) is 2.06. The molecule has 0 saturated heterocycles. The van der Waals surface area contributed by atoms with Crippen molar-refractivity contribution in [2.45, 2.75) is 50.9 Å². The van der Waals surface area contributed by atoms with Crippen molar-refractivity contribution in [1.82, 2.24) is 19.7 Å². The third kappa shape index (κ3) is 4.54. The van der Waals surface area contributed by atoms with Crippen LogP contribution < -0.4 is 5.32 Å². The summed E-state index contributed by atoms with van der Waals surface area (Å²) in [7, 11) is 0. The maximum absolute atomic E-state index is 13.4. The van der Waals surface area contributed by atoms with Crippen LogP contribution in [0.1, 0.15) is 43.0 Å². The zero-order chi connectivity index (χ0) is 22.1. The van der Waals surface area contributed by atoms with E-state index in [4.69, 9.17) is 0 Å². The van der Waals surface area contributed by atoms with Crippen LogP contribution in [0.3, 0.4) is 0 Å². The Kier molecular flexibility index (Phi) is 5.92. The van der Waals surface area contributed by atoms with E-state index in [0.29, 0.717) is 24.7 Å². The first-order valence-electron chi connectivity index (χ1n) is 9.92. The van der Waals surface area contributed by atoms with Crippen molar-refractivity contribution in [3.05, 3.63) is 53.9 Å². The van der Waals surface area contributed by atoms with Gasteiger partial charge >= 0.3 is 0 Å². The van der Waals surface area contributed by atoms with Gasteiger partial charge in [0.25, 0.3) is 6.43 Å². The Morgan fingerprint density at radius 3 is 2.71 bits per heavy atom. The van der Waals surface area contributed by atoms with Crippen LogP contribution in [0.4, 0.5) is 24.8 Å². The van der Waals surface area contributed by atoms with Gasteiger partial charge in [-0.2, -0.15) is 5.10 Å². The number of aliphatic hydroxyl groups is 2. The molecule has 0 radical (unpaired) electrons. The minimum absolute atomic E-state index is 0.136. The average molecular weight is 433 g/mol. The van der Waals surface area contributed by atoms with Crippen LogP contribution in [-0.2, 0) is 0 Å². The monoisotopic (exact) mass is 433 g/mol. The van der Waals surface area contributed by atoms with Crippen molar-refractivity contribution >= 4 is 11.6 Å². The van der Waals surface area contributed by atoms with Gasteiger partial charge in [-0.3, -0.25) is 4.68 Å². The topological polar surface area (TPSA) is 96.1 Å². The fourth-order valence-electron chi connectivity index (χ4n) is 3.84. The van der Waals surface area contributed by atoms with E-state index in [1.54, 1.807) is 29.2 Å². The van der Waals surface area contributed by atoms with Gasteiger partial charge in [-0.25, -0.2) is 23.1 Å². The SMILES string of the molecule is Cc1cc(Nc2ncc(F)c(C(F)F)n2)cc(-c2cnn(C3CCCC(O)C3O)c2)c1. The summed E-state index contributed by atoms with van der Waals surface area (Å²) in [6, 6.07) is 5.17. The molecule has 0 spiro atoms. The molecule has 4 rings (SSSR count). The zero-order valence-electron chi connectivity index (χ0n) is 16.7. The van der Waals surface area contributed by atoms with Crippen LogP contribution in [0.5, 0.6) is 0 Å². The number of hydrogen-bond donors (Lipinski definition) is 3. The Bertz CT molecular complexity index is 1070. The number of nitrogens with zero attached hydrogens (tertiary/aromatic N) is 4. The van der Waals surface area contributed by atoms with Crippen LogP contribution in [0.25, 0.3) is 11.1 Å². The number of hydrogen-bond acceptors (Lipinski definition) is 6. The summed E-state index contributed by atoms with van der Waals surface area (Å²) >= 11 is 0. The minimum Gasteiger partial charge on any atom is -0.390 e. The summed E-state index contributed by atoms with van der Waals surface area (Å²) in [5, 5.41) is 27.4. The van der Waals surface area contributed by atoms with Crippen molar-refractivity contribution in [3.8, 4) is 11.1 Å². The van der Waals surface area contributed by atoms with Crippen LogP contribution in [-0.4, -0.2) is 42.2 Å². The molecule has 0 aliphatic heterocycles. The lowest BCUT2D eigenvalue weighted by atomic mass is 9.90. The highest BCUT2D eigenvalue weighted by atomic mass is 19.3. The second-order valence-electron chi connectivity index (χ2n) is 7.71. The highest BCUT2D eigenvalue weighted by molar-refractivity contribution is 5.70. The van der Waals surface area contributed by atoms with E-state index in [1.807, 2.05) is 13.0 Å². The van der Waals surface area contributed by atoms with Crippen LogP contribution in [0.2, 0.25) is 0 Å². The Balaban J connectivity index is 1.59. The van der Waals surface area contributed by atoms with Crippen LogP contribution >= 0.6 is 0 Å². The smallest absolute Gasteiger partial charge is 0.283 e. The molecule has 1 saturated carbocycles. The first kappa shape index (κ1) is 21.3. The van der Waals surface area contributed by atoms with E-state index < -0.39 is 30.1 Å². The lowest BCUT2D eigenvalue weighted by molar-refractivity contribution is -0.0425. The van der Waals surface area contributed by atoms with E-state index in [0.717, 1.165) is 23.1 Å². The normalized spacial score (nSPS) is 21.5. The molecule has 1 aliphatic rings. The Morgan fingerprint density at radius 1 is 1.13 bits per heavy atom. The van der Waals surface area contributed by atoms with Crippen molar-refractivity contribution in [3.63, 3.8) is 0 Å². The van der Waals surface area contributed by atoms with Gasteiger partial charge in [0.15, 0.2) is 5.82 Å². The average Bonchev–Trinajstić information content (AvgIpc) is 3.21. The third-order valence-corrected chi connectivity index (χ3v) is 5.37. The van der Waals surface area contributed by atoms with Gasteiger partial charge in [0.1, 0.15) is 11.8 Å². The number of rotatable bonds is 5. The number of benzene rings is 1. The fourth-order valence-corrected chi connectivity index (χ4v) is 3.84. The molecule has 3 atom stereocenters. The van der Waals surface area contributed by atoms with Gasteiger partial charge in [-0.05, 0) is 49.4 Å². The maximum Gasteiger partial charge on any atom is 0.283 e. The van der Waals surface area contributed by atoms with Crippen LogP contribution in [0, 0.1) is 12.7 Å². The lowest BCUT2D eigenvalue weighted by Crippen LogP contribution is -2.38. The molecule has 1 fully saturated rings. The van der Waals surface area contributed by atoms with E-state index in [1.165, 1.54) is 0 Å². The number of nitrogens with one attached hydrogen (secondary N) is 1. The molecule has 164 valence electrons. The summed E-state index contributed by atoms with van der Waals surface area (Å²) in [5.74, 6) is -1.30. The number of aliphatic hydroxyl groups excluding tert-OH is 2. The van der Waals surface area contributed by atoms with Gasteiger partial charge < -0.3 is 15.5 Å². The van der Waals surface area contributed by atoms with Gasteiger partial charge in [0, 0.05) is 17.4 Å². The summed E-state index contributed by atoms with van der Waals surface area (Å²) in [6.45, 7) is 1.87. The molecule has 3 unspecified atom stereocenters. The predicted molar refractivity (Wildman–Crippen MR) is 108 cm³/mol. The largest absolute Gasteiger partial charge is 0.390 e. The molecule has 2 heterocycles. The Morgan fingerprint density at radius 2 is 1.94 bits per heavy atom.